The van der Waals surface area contributed by atoms with E-state index < -0.39 is 0 Å². The van der Waals surface area contributed by atoms with Gasteiger partial charge in [-0.25, -0.2) is 0 Å². The van der Waals surface area contributed by atoms with Crippen LogP contribution in [-0.2, 0) is 0 Å². The highest BCUT2D eigenvalue weighted by Crippen LogP contribution is 2.29. The molecule has 0 aliphatic heterocycles. The van der Waals surface area contributed by atoms with E-state index in [0.717, 1.165) is 10.9 Å². The first-order chi connectivity index (χ1) is 9.58. The Morgan fingerprint density at radius 3 is 2.70 bits per heavy atom. The van der Waals surface area contributed by atoms with Crippen molar-refractivity contribution in [3.05, 3.63) is 63.8 Å². The number of nitrogens with two attached hydrogens (primary N) is 1. The molecule has 0 saturated heterocycles. The molecule has 1 heterocycles. The molecule has 3 N–H and O–H groups in total. The van der Waals surface area contributed by atoms with E-state index in [1.54, 1.807) is 36.5 Å². The van der Waals surface area contributed by atoms with Crippen LogP contribution in [0.25, 0.3) is 10.9 Å². The molecule has 2 aromatic carbocycles. The Hall–Kier alpha value is -1.97. The van der Waals surface area contributed by atoms with Crippen LogP contribution >= 0.6 is 23.2 Å². The van der Waals surface area contributed by atoms with Gasteiger partial charge in [-0.1, -0.05) is 35.3 Å². The number of rotatable bonds is 2. The number of fused-ring (bicyclic) bond motifs is 1. The molecular formula is C15H10Cl2N2O. The predicted molar refractivity (Wildman–Crippen MR) is 82.6 cm³/mol. The van der Waals surface area contributed by atoms with E-state index in [1.807, 2.05) is 6.07 Å². The van der Waals surface area contributed by atoms with Crippen LogP contribution in [0.15, 0.2) is 42.6 Å². The van der Waals surface area contributed by atoms with Crippen molar-refractivity contribution in [3.63, 3.8) is 0 Å². The summed E-state index contributed by atoms with van der Waals surface area (Å²) in [6.07, 6.45) is 1.66. The number of aromatic nitrogens is 1. The number of nitrogen functional groups attached to an aromatic ring is 1. The molecule has 0 radical (unpaired) electrons. The highest BCUT2D eigenvalue weighted by Gasteiger charge is 2.17. The molecule has 0 aliphatic carbocycles. The lowest BCUT2D eigenvalue weighted by atomic mass is 10.0. The molecule has 3 rings (SSSR count). The van der Waals surface area contributed by atoms with E-state index in [4.69, 9.17) is 28.9 Å². The summed E-state index contributed by atoms with van der Waals surface area (Å²) >= 11 is 12.0. The largest absolute Gasteiger partial charge is 0.398 e. The summed E-state index contributed by atoms with van der Waals surface area (Å²) in [5.41, 5.74) is 7.87. The highest BCUT2D eigenvalue weighted by atomic mass is 35.5. The molecule has 100 valence electrons. The second kappa shape index (κ2) is 4.85. The fraction of sp³-hybridized carbons (Fsp3) is 0. The Morgan fingerprint density at radius 2 is 1.90 bits per heavy atom. The van der Waals surface area contributed by atoms with Gasteiger partial charge in [-0.3, -0.25) is 4.79 Å². The van der Waals surface area contributed by atoms with E-state index in [2.05, 4.69) is 4.98 Å². The number of ketones is 1. The molecule has 3 aromatic rings. The Kier molecular flexibility index (Phi) is 3.16. The standard InChI is InChI=1S/C15H10Cl2N2O/c16-8-4-5-9-11(7-19-13(9)6-8)15(20)10-2-1-3-12(18)14(10)17/h1-7,19H,18H2. The summed E-state index contributed by atoms with van der Waals surface area (Å²) in [5, 5.41) is 1.69. The monoisotopic (exact) mass is 304 g/mol. The summed E-state index contributed by atoms with van der Waals surface area (Å²) in [6.45, 7) is 0. The van der Waals surface area contributed by atoms with E-state index in [0.29, 0.717) is 21.8 Å². The molecule has 3 nitrogen and oxygen atoms in total. The van der Waals surface area contributed by atoms with Crippen LogP contribution in [0.3, 0.4) is 0 Å². The Balaban J connectivity index is 2.16. The van der Waals surface area contributed by atoms with Crippen LogP contribution in [0.1, 0.15) is 15.9 Å². The number of halogens is 2. The molecule has 0 aliphatic rings. The average molecular weight is 305 g/mol. The minimum absolute atomic E-state index is 0.170. The summed E-state index contributed by atoms with van der Waals surface area (Å²) in [7, 11) is 0. The van der Waals surface area contributed by atoms with Crippen LogP contribution in [0, 0.1) is 0 Å². The number of carbonyl (C=O) groups is 1. The molecule has 20 heavy (non-hydrogen) atoms. The van der Waals surface area contributed by atoms with Crippen molar-refractivity contribution in [1.82, 2.24) is 4.98 Å². The lowest BCUT2D eigenvalue weighted by Crippen LogP contribution is -2.03. The van der Waals surface area contributed by atoms with Gasteiger partial charge in [0.1, 0.15) is 0 Å². The Bertz CT molecular complexity index is 824. The molecule has 0 unspecified atom stereocenters. The first-order valence-electron chi connectivity index (χ1n) is 5.93. The van der Waals surface area contributed by atoms with Crippen LogP contribution in [-0.4, -0.2) is 10.8 Å². The molecule has 0 amide bonds. The SMILES string of the molecule is Nc1cccc(C(=O)c2c[nH]c3cc(Cl)ccc23)c1Cl. The maximum Gasteiger partial charge on any atom is 0.196 e. The number of benzene rings is 2. The van der Waals surface area contributed by atoms with Crippen molar-refractivity contribution >= 4 is 45.6 Å². The first-order valence-corrected chi connectivity index (χ1v) is 6.69. The van der Waals surface area contributed by atoms with E-state index in [1.165, 1.54) is 0 Å². The van der Waals surface area contributed by atoms with Crippen molar-refractivity contribution in [2.45, 2.75) is 0 Å². The zero-order chi connectivity index (χ0) is 14.3. The van der Waals surface area contributed by atoms with E-state index >= 15 is 0 Å². The number of anilines is 1. The number of H-pyrrole nitrogens is 1. The molecule has 0 saturated carbocycles. The maximum absolute atomic E-state index is 12.6. The third-order valence-electron chi connectivity index (χ3n) is 3.16. The number of hydrogen-bond acceptors (Lipinski definition) is 2. The minimum Gasteiger partial charge on any atom is -0.398 e. The van der Waals surface area contributed by atoms with Crippen molar-refractivity contribution in [2.24, 2.45) is 0 Å². The third-order valence-corrected chi connectivity index (χ3v) is 3.82. The first kappa shape index (κ1) is 13.0. The molecule has 0 atom stereocenters. The van der Waals surface area contributed by atoms with Gasteiger partial charge < -0.3 is 10.7 Å². The highest BCUT2D eigenvalue weighted by molar-refractivity contribution is 6.38. The molecule has 0 spiro atoms. The van der Waals surface area contributed by atoms with Crippen molar-refractivity contribution in [2.75, 3.05) is 5.73 Å². The number of aromatic amines is 1. The fourth-order valence-corrected chi connectivity index (χ4v) is 2.54. The van der Waals surface area contributed by atoms with Crippen molar-refractivity contribution in [3.8, 4) is 0 Å². The molecule has 0 bridgehead atoms. The summed E-state index contributed by atoms with van der Waals surface area (Å²) in [5.74, 6) is -0.170. The molecule has 5 heteroatoms. The van der Waals surface area contributed by atoms with Crippen molar-refractivity contribution < 1.29 is 4.79 Å². The number of nitrogens with one attached hydrogen (secondary N) is 1. The van der Waals surface area contributed by atoms with Gasteiger partial charge in [-0.15, -0.1) is 0 Å². The van der Waals surface area contributed by atoms with Gasteiger partial charge in [-0.2, -0.15) is 0 Å². The maximum atomic E-state index is 12.6. The Labute approximate surface area is 125 Å². The smallest absolute Gasteiger partial charge is 0.196 e. The normalized spacial score (nSPS) is 10.9. The predicted octanol–water partition coefficient (Wildman–Crippen LogP) is 4.29. The van der Waals surface area contributed by atoms with Gasteiger partial charge in [0.25, 0.3) is 0 Å². The van der Waals surface area contributed by atoms with E-state index in [9.17, 15) is 4.79 Å². The summed E-state index contributed by atoms with van der Waals surface area (Å²) in [6, 6.07) is 10.4. The topological polar surface area (TPSA) is 58.9 Å². The lowest BCUT2D eigenvalue weighted by Gasteiger charge is -2.05. The quantitative estimate of drug-likeness (QED) is 0.548. The Morgan fingerprint density at radius 1 is 1.10 bits per heavy atom. The third kappa shape index (κ3) is 2.05. The van der Waals surface area contributed by atoms with Gasteiger partial charge in [-0.05, 0) is 24.3 Å². The second-order valence-electron chi connectivity index (χ2n) is 4.43. The molecule has 1 aromatic heterocycles. The van der Waals surface area contributed by atoms with Gasteiger partial charge in [0, 0.05) is 33.2 Å². The summed E-state index contributed by atoms with van der Waals surface area (Å²) in [4.78, 5) is 15.6. The second-order valence-corrected chi connectivity index (χ2v) is 5.24. The average Bonchev–Trinajstić information content (AvgIpc) is 2.84. The van der Waals surface area contributed by atoms with Gasteiger partial charge in [0.05, 0.1) is 10.7 Å². The van der Waals surface area contributed by atoms with Crippen LogP contribution in [0.5, 0.6) is 0 Å². The minimum atomic E-state index is -0.170. The van der Waals surface area contributed by atoms with Gasteiger partial charge in [0.2, 0.25) is 0 Å². The fourth-order valence-electron chi connectivity index (χ4n) is 2.16. The van der Waals surface area contributed by atoms with Crippen LogP contribution in [0.2, 0.25) is 10.0 Å². The summed E-state index contributed by atoms with van der Waals surface area (Å²) < 4.78 is 0. The van der Waals surface area contributed by atoms with Crippen LogP contribution < -0.4 is 5.73 Å². The number of hydrogen-bond donors (Lipinski definition) is 2. The van der Waals surface area contributed by atoms with Crippen molar-refractivity contribution in [1.29, 1.82) is 0 Å². The van der Waals surface area contributed by atoms with Gasteiger partial charge >= 0.3 is 0 Å². The molecular weight excluding hydrogens is 295 g/mol. The molecule has 0 fully saturated rings. The van der Waals surface area contributed by atoms with Gasteiger partial charge in [0.15, 0.2) is 5.78 Å². The zero-order valence-corrected chi connectivity index (χ0v) is 11.8. The lowest BCUT2D eigenvalue weighted by molar-refractivity contribution is 0.104. The zero-order valence-electron chi connectivity index (χ0n) is 10.3. The van der Waals surface area contributed by atoms with E-state index in [-0.39, 0.29) is 10.8 Å². The van der Waals surface area contributed by atoms with Crippen LogP contribution in [0.4, 0.5) is 5.69 Å². The number of carbonyl (C=O) groups excluding carboxylic acids is 1.